The van der Waals surface area contributed by atoms with Gasteiger partial charge in [-0.1, -0.05) is 35.3 Å². The Bertz CT molecular complexity index is 739. The van der Waals surface area contributed by atoms with Gasteiger partial charge in [-0.2, -0.15) is 0 Å². The van der Waals surface area contributed by atoms with Crippen LogP contribution in [0.15, 0.2) is 36.4 Å². The number of amides is 1. The molecule has 2 aromatic carbocycles. The van der Waals surface area contributed by atoms with Crippen LogP contribution in [0.4, 0.5) is 0 Å². The van der Waals surface area contributed by atoms with Crippen LogP contribution in [0.25, 0.3) is 0 Å². The second-order valence-electron chi connectivity index (χ2n) is 5.01. The molecule has 0 bridgehead atoms. The summed E-state index contributed by atoms with van der Waals surface area (Å²) in [5.74, 6) is -0.313. The van der Waals surface area contributed by atoms with Crippen LogP contribution in [0.2, 0.25) is 10.0 Å². The zero-order chi connectivity index (χ0) is 15.7. The Hall–Kier alpha value is -1.53. The van der Waals surface area contributed by atoms with E-state index in [9.17, 15) is 9.82 Å². The number of hydrogen-bond donors (Lipinski definition) is 2. The predicted molar refractivity (Wildman–Crippen MR) is 86.5 cm³/mol. The lowest BCUT2D eigenvalue weighted by Gasteiger charge is -2.09. The van der Waals surface area contributed by atoms with Gasteiger partial charge in [0, 0.05) is 11.6 Å². The monoisotopic (exact) mass is 335 g/mol. The van der Waals surface area contributed by atoms with Crippen molar-refractivity contribution in [2.24, 2.45) is 0 Å². The van der Waals surface area contributed by atoms with Gasteiger partial charge in [0.05, 0.1) is 17.2 Å². The highest BCUT2D eigenvalue weighted by Gasteiger charge is 2.29. The van der Waals surface area contributed by atoms with Crippen LogP contribution >= 0.6 is 23.2 Å². The number of rotatable bonds is 3. The smallest absolute Gasteiger partial charge is 0.423 e. The van der Waals surface area contributed by atoms with Gasteiger partial charge in [0.2, 0.25) is 0 Å². The molecule has 0 saturated carbocycles. The number of carbonyl (C=O) groups is 1. The molecule has 0 unspecified atom stereocenters. The summed E-state index contributed by atoms with van der Waals surface area (Å²) in [5, 5.41) is 13.4. The van der Waals surface area contributed by atoms with Crippen molar-refractivity contribution in [1.82, 2.24) is 5.32 Å². The van der Waals surface area contributed by atoms with Crippen LogP contribution in [-0.2, 0) is 17.8 Å². The summed E-state index contributed by atoms with van der Waals surface area (Å²) in [6.45, 7) is 0.631. The van der Waals surface area contributed by atoms with Crippen LogP contribution in [0, 0.1) is 0 Å². The molecule has 4 nitrogen and oxygen atoms in total. The molecule has 3 rings (SSSR count). The van der Waals surface area contributed by atoms with Crippen LogP contribution in [-0.4, -0.2) is 18.0 Å². The van der Waals surface area contributed by atoms with Gasteiger partial charge in [0.1, 0.15) is 0 Å². The van der Waals surface area contributed by atoms with Crippen molar-refractivity contribution in [3.05, 3.63) is 63.1 Å². The Morgan fingerprint density at radius 2 is 2.14 bits per heavy atom. The molecule has 112 valence electrons. The van der Waals surface area contributed by atoms with Gasteiger partial charge >= 0.3 is 7.12 Å². The molecule has 0 saturated heterocycles. The van der Waals surface area contributed by atoms with Gasteiger partial charge in [0.15, 0.2) is 0 Å². The maximum absolute atomic E-state index is 12.3. The molecule has 2 N–H and O–H groups in total. The second-order valence-corrected chi connectivity index (χ2v) is 5.85. The van der Waals surface area contributed by atoms with E-state index >= 15 is 0 Å². The molecule has 0 aliphatic carbocycles. The van der Waals surface area contributed by atoms with E-state index < -0.39 is 7.12 Å². The highest BCUT2D eigenvalue weighted by molar-refractivity contribution is 6.61. The lowest BCUT2D eigenvalue weighted by molar-refractivity contribution is 0.0951. The van der Waals surface area contributed by atoms with Crippen LogP contribution in [0.5, 0.6) is 0 Å². The van der Waals surface area contributed by atoms with Crippen molar-refractivity contribution in [2.75, 3.05) is 0 Å². The summed E-state index contributed by atoms with van der Waals surface area (Å²) < 4.78 is 5.11. The van der Waals surface area contributed by atoms with E-state index in [1.54, 1.807) is 24.3 Å². The van der Waals surface area contributed by atoms with Crippen molar-refractivity contribution < 1.29 is 14.5 Å². The van der Waals surface area contributed by atoms with Crippen LogP contribution in [0.1, 0.15) is 21.5 Å². The molecule has 1 aliphatic rings. The zero-order valence-electron chi connectivity index (χ0n) is 11.5. The SMILES string of the molecule is O=C(NCc1cccc(Cl)c1)c1cc2c(cc1Cl)COB2O. The van der Waals surface area contributed by atoms with E-state index in [4.69, 9.17) is 27.9 Å². The van der Waals surface area contributed by atoms with Crippen molar-refractivity contribution in [2.45, 2.75) is 13.2 Å². The molecular formula is C15H12BCl2NO3. The Labute approximate surface area is 138 Å². The molecule has 1 heterocycles. The molecule has 1 aliphatic heterocycles. The highest BCUT2D eigenvalue weighted by atomic mass is 35.5. The van der Waals surface area contributed by atoms with Crippen LogP contribution in [0.3, 0.4) is 0 Å². The standard InChI is InChI=1S/C15H12BCl2NO3/c17-11-3-1-2-9(4-11)7-19-15(20)12-6-13-10(5-14(12)18)8-22-16(13)21/h1-6,21H,7-8H2,(H,19,20). The quantitative estimate of drug-likeness (QED) is 0.845. The minimum Gasteiger partial charge on any atom is -0.423 e. The molecule has 22 heavy (non-hydrogen) atoms. The normalized spacial score (nSPS) is 13.1. The van der Waals surface area contributed by atoms with Gasteiger partial charge in [-0.3, -0.25) is 4.79 Å². The van der Waals surface area contributed by atoms with Gasteiger partial charge < -0.3 is 15.0 Å². The summed E-state index contributed by atoms with van der Waals surface area (Å²) in [5.41, 5.74) is 2.58. The van der Waals surface area contributed by atoms with E-state index in [1.165, 1.54) is 0 Å². The number of carbonyl (C=O) groups excluding carboxylic acids is 1. The van der Waals surface area contributed by atoms with Crippen molar-refractivity contribution >= 4 is 41.7 Å². The summed E-state index contributed by atoms with van der Waals surface area (Å²) in [7, 11) is -1.01. The fraction of sp³-hybridized carbons (Fsp3) is 0.133. The summed E-state index contributed by atoms with van der Waals surface area (Å²) in [6.07, 6.45) is 0. The molecule has 0 aromatic heterocycles. The number of hydrogen-bond acceptors (Lipinski definition) is 3. The third-order valence-electron chi connectivity index (χ3n) is 3.48. The Morgan fingerprint density at radius 3 is 2.91 bits per heavy atom. The molecule has 0 spiro atoms. The van der Waals surface area contributed by atoms with E-state index in [1.807, 2.05) is 12.1 Å². The fourth-order valence-electron chi connectivity index (χ4n) is 2.34. The van der Waals surface area contributed by atoms with E-state index in [0.717, 1.165) is 11.1 Å². The summed E-state index contributed by atoms with van der Waals surface area (Å²) >= 11 is 12.0. The van der Waals surface area contributed by atoms with Gasteiger partial charge in [-0.25, -0.2) is 0 Å². The maximum atomic E-state index is 12.3. The average molecular weight is 336 g/mol. The number of fused-ring (bicyclic) bond motifs is 1. The zero-order valence-corrected chi connectivity index (χ0v) is 13.0. The third-order valence-corrected chi connectivity index (χ3v) is 4.03. The van der Waals surface area contributed by atoms with Gasteiger partial charge in [-0.15, -0.1) is 0 Å². The number of nitrogens with one attached hydrogen (secondary N) is 1. The molecule has 0 radical (unpaired) electrons. The summed E-state index contributed by atoms with van der Waals surface area (Å²) in [4.78, 5) is 12.3. The molecule has 2 aromatic rings. The Kier molecular flexibility index (Phi) is 4.40. The first-order valence-electron chi connectivity index (χ1n) is 6.69. The van der Waals surface area contributed by atoms with Gasteiger partial charge in [0.25, 0.3) is 5.91 Å². The third kappa shape index (κ3) is 3.13. The predicted octanol–water partition coefficient (Wildman–Crippen LogP) is 2.14. The van der Waals surface area contributed by atoms with Crippen molar-refractivity contribution in [3.8, 4) is 0 Å². The minimum absolute atomic E-state index is 0.292. The largest absolute Gasteiger partial charge is 0.491 e. The maximum Gasteiger partial charge on any atom is 0.491 e. The first-order valence-corrected chi connectivity index (χ1v) is 7.45. The van der Waals surface area contributed by atoms with Crippen LogP contribution < -0.4 is 10.8 Å². The first kappa shape index (κ1) is 15.4. The molecule has 0 atom stereocenters. The highest BCUT2D eigenvalue weighted by Crippen LogP contribution is 2.21. The fourth-order valence-corrected chi connectivity index (χ4v) is 2.83. The van der Waals surface area contributed by atoms with E-state index in [2.05, 4.69) is 5.32 Å². The Morgan fingerprint density at radius 1 is 1.32 bits per heavy atom. The van der Waals surface area contributed by atoms with Crippen molar-refractivity contribution in [1.29, 1.82) is 0 Å². The summed E-state index contributed by atoms with van der Waals surface area (Å²) in [6, 6.07) is 10.5. The molecular weight excluding hydrogens is 324 g/mol. The van der Waals surface area contributed by atoms with Crippen molar-refractivity contribution in [3.63, 3.8) is 0 Å². The van der Waals surface area contributed by atoms with E-state index in [0.29, 0.717) is 34.2 Å². The number of halogens is 2. The second kappa shape index (κ2) is 6.30. The molecule has 7 heteroatoms. The molecule has 1 amide bonds. The topological polar surface area (TPSA) is 58.6 Å². The minimum atomic E-state index is -1.01. The first-order chi connectivity index (χ1) is 10.5. The van der Waals surface area contributed by atoms with E-state index in [-0.39, 0.29) is 5.91 Å². The number of benzene rings is 2. The Balaban J connectivity index is 1.77. The average Bonchev–Trinajstić information content (AvgIpc) is 2.84. The molecule has 0 fully saturated rings. The van der Waals surface area contributed by atoms with Gasteiger partial charge in [-0.05, 0) is 40.9 Å². The lowest BCUT2D eigenvalue weighted by atomic mass is 9.78. The lowest BCUT2D eigenvalue weighted by Crippen LogP contribution is -2.30.